The van der Waals surface area contributed by atoms with Gasteiger partial charge in [-0.3, -0.25) is 9.97 Å². The van der Waals surface area contributed by atoms with Gasteiger partial charge in [0.2, 0.25) is 0 Å². The lowest BCUT2D eigenvalue weighted by molar-refractivity contribution is 0.469. The van der Waals surface area contributed by atoms with E-state index in [0.29, 0.717) is 21.7 Å². The summed E-state index contributed by atoms with van der Waals surface area (Å²) in [6.07, 6.45) is 5.27. The Morgan fingerprint density at radius 1 is 0.435 bits per heavy atom. The van der Waals surface area contributed by atoms with Crippen LogP contribution in [0.5, 0.6) is 0 Å². The number of thiazole rings is 1. The van der Waals surface area contributed by atoms with E-state index in [1.165, 1.54) is 5.56 Å². The average molecular weight is 661 g/mol. The highest BCUT2D eigenvalue weighted by molar-refractivity contribution is 7.07. The standard InChI is InChI=1S/C7H8.C5H5N.4C5H12.2C4H10.C3H3NS/c1-7-5-3-2-4-6-7;1-2-4-6-5-3-1;4*1-5(2,3)4;2*1-4(2)3;1-2-5-3-4-1/h2-6H,1H3;1-5H;4*1-4H3;2*4H,1-3H3;1-3H. The van der Waals surface area contributed by atoms with Crippen molar-refractivity contribution in [2.75, 3.05) is 0 Å². The summed E-state index contributed by atoms with van der Waals surface area (Å²) in [5, 5.41) is 1.93. The second-order valence-electron chi connectivity index (χ2n) is 18.8. The van der Waals surface area contributed by atoms with Gasteiger partial charge in [0.25, 0.3) is 0 Å². The Labute approximate surface area is 296 Å². The number of hydrogen-bond donors (Lipinski definition) is 0. The maximum absolute atomic E-state index is 3.78. The van der Waals surface area contributed by atoms with E-state index >= 15 is 0 Å². The number of aromatic nitrogens is 2. The molecule has 0 radical (unpaired) electrons. The van der Waals surface area contributed by atoms with E-state index in [1.54, 1.807) is 35.4 Å². The molecule has 0 aliphatic carbocycles. The van der Waals surface area contributed by atoms with Crippen molar-refractivity contribution in [1.82, 2.24) is 9.97 Å². The van der Waals surface area contributed by atoms with Crippen LogP contribution in [-0.2, 0) is 0 Å². The maximum Gasteiger partial charge on any atom is 0.0791 e. The fourth-order valence-corrected chi connectivity index (χ4v) is 1.37. The Hall–Kier alpha value is -2.00. The fourth-order valence-electron chi connectivity index (χ4n) is 1.02. The van der Waals surface area contributed by atoms with Crippen LogP contribution in [0.2, 0.25) is 0 Å². The Balaban J connectivity index is -0.0000000985. The van der Waals surface area contributed by atoms with E-state index in [9.17, 15) is 0 Å². The molecule has 3 aromatic rings. The second kappa shape index (κ2) is 34.3. The van der Waals surface area contributed by atoms with Gasteiger partial charge in [0.15, 0.2) is 0 Å². The van der Waals surface area contributed by atoms with Crippen molar-refractivity contribution >= 4 is 11.3 Å². The number of hydrogen-bond acceptors (Lipinski definition) is 3. The summed E-state index contributed by atoms with van der Waals surface area (Å²) in [6, 6.07) is 16.0. The van der Waals surface area contributed by atoms with Crippen molar-refractivity contribution < 1.29 is 0 Å². The van der Waals surface area contributed by atoms with Crippen LogP contribution in [0.25, 0.3) is 0 Å². The smallest absolute Gasteiger partial charge is 0.0791 e. The van der Waals surface area contributed by atoms with Crippen molar-refractivity contribution in [3.05, 3.63) is 83.6 Å². The summed E-state index contributed by atoms with van der Waals surface area (Å²) >= 11 is 1.60. The molecular weight excluding hydrogens is 577 g/mol. The van der Waals surface area contributed by atoms with Crippen molar-refractivity contribution in [2.45, 2.75) is 159 Å². The van der Waals surface area contributed by atoms with Gasteiger partial charge in [-0.05, 0) is 52.6 Å². The number of nitrogens with zero attached hydrogens (tertiary/aromatic N) is 2. The predicted octanol–water partition coefficient (Wildman–Crippen LogP) is 15.8. The highest BCUT2D eigenvalue weighted by Gasteiger charge is 1.97. The van der Waals surface area contributed by atoms with Gasteiger partial charge in [-0.25, -0.2) is 0 Å². The average Bonchev–Trinajstić information content (AvgIpc) is 3.36. The first-order valence-corrected chi connectivity index (χ1v) is 18.0. The molecule has 272 valence electrons. The molecular formula is C43H84N2S. The summed E-state index contributed by atoms with van der Waals surface area (Å²) < 4.78 is 0. The van der Waals surface area contributed by atoms with Crippen LogP contribution in [0.4, 0.5) is 0 Å². The topological polar surface area (TPSA) is 25.8 Å². The Kier molecular flexibility index (Phi) is 42.1. The molecule has 0 unspecified atom stereocenters. The van der Waals surface area contributed by atoms with Crippen molar-refractivity contribution in [3.8, 4) is 0 Å². The van der Waals surface area contributed by atoms with E-state index in [2.05, 4.69) is 181 Å². The lowest BCUT2D eigenvalue weighted by Gasteiger charge is -2.05. The Morgan fingerprint density at radius 2 is 0.696 bits per heavy atom. The number of benzene rings is 1. The molecule has 3 heteroatoms. The summed E-state index contributed by atoms with van der Waals surface area (Å²) in [6.45, 7) is 50.1. The van der Waals surface area contributed by atoms with E-state index in [0.717, 1.165) is 11.8 Å². The highest BCUT2D eigenvalue weighted by atomic mass is 32.1. The summed E-state index contributed by atoms with van der Waals surface area (Å²) in [5.41, 5.74) is 5.11. The largest absolute Gasteiger partial charge is 0.265 e. The SMILES string of the molecule is CC(C)(C)C.CC(C)(C)C.CC(C)(C)C.CC(C)(C)C.CC(C)C.CC(C)C.Cc1ccccc1.c1ccncc1.c1cscn1. The molecule has 0 N–H and O–H groups in total. The third-order valence-electron chi connectivity index (χ3n) is 1.85. The van der Waals surface area contributed by atoms with E-state index in [4.69, 9.17) is 0 Å². The lowest BCUT2D eigenvalue weighted by atomic mass is 10.0. The van der Waals surface area contributed by atoms with Crippen LogP contribution in [0.1, 0.15) is 158 Å². The first-order chi connectivity index (χ1) is 20.4. The zero-order valence-corrected chi connectivity index (χ0v) is 36.3. The van der Waals surface area contributed by atoms with Crippen LogP contribution in [0.3, 0.4) is 0 Å². The molecule has 0 fully saturated rings. The molecule has 0 amide bonds. The van der Waals surface area contributed by atoms with Crippen molar-refractivity contribution in [1.29, 1.82) is 0 Å². The first-order valence-electron chi connectivity index (χ1n) is 17.0. The monoisotopic (exact) mass is 661 g/mol. The van der Waals surface area contributed by atoms with Gasteiger partial charge >= 0.3 is 0 Å². The molecule has 0 bridgehead atoms. The third kappa shape index (κ3) is 244. The first kappa shape index (κ1) is 56.3. The van der Waals surface area contributed by atoms with Crippen LogP contribution in [0.15, 0.2) is 78.0 Å². The van der Waals surface area contributed by atoms with Crippen molar-refractivity contribution in [3.63, 3.8) is 0 Å². The van der Waals surface area contributed by atoms with Gasteiger partial charge in [-0.2, -0.15) is 0 Å². The molecule has 0 aliphatic rings. The van der Waals surface area contributed by atoms with Crippen LogP contribution < -0.4 is 0 Å². The van der Waals surface area contributed by atoms with Gasteiger partial charge in [0.05, 0.1) is 5.51 Å². The van der Waals surface area contributed by atoms with Gasteiger partial charge in [-0.15, -0.1) is 11.3 Å². The molecule has 0 aliphatic heterocycles. The minimum atomic E-state index is 0.500. The van der Waals surface area contributed by atoms with E-state index in [-0.39, 0.29) is 0 Å². The molecule has 46 heavy (non-hydrogen) atoms. The predicted molar refractivity (Wildman–Crippen MR) is 219 cm³/mol. The molecule has 0 spiro atoms. The molecule has 2 heterocycles. The molecule has 0 atom stereocenters. The number of rotatable bonds is 0. The van der Waals surface area contributed by atoms with Gasteiger partial charge in [0.1, 0.15) is 0 Å². The zero-order chi connectivity index (χ0) is 38.0. The van der Waals surface area contributed by atoms with Crippen LogP contribution >= 0.6 is 11.3 Å². The van der Waals surface area contributed by atoms with Gasteiger partial charge in [-0.1, -0.05) is 194 Å². The van der Waals surface area contributed by atoms with Crippen molar-refractivity contribution in [2.24, 2.45) is 33.5 Å². The summed E-state index contributed by atoms with van der Waals surface area (Å²) in [4.78, 5) is 7.53. The quantitative estimate of drug-likeness (QED) is 0.240. The molecule has 0 saturated carbocycles. The Bertz CT molecular complexity index is 745. The molecule has 2 aromatic heterocycles. The minimum absolute atomic E-state index is 0.500. The molecule has 0 saturated heterocycles. The normalized spacial score (nSPS) is 10.0. The molecule has 2 nitrogen and oxygen atoms in total. The number of pyridine rings is 1. The van der Waals surface area contributed by atoms with Gasteiger partial charge < -0.3 is 0 Å². The highest BCUT2D eigenvalue weighted by Crippen LogP contribution is 2.09. The van der Waals surface area contributed by atoms with E-state index in [1.807, 2.05) is 41.8 Å². The van der Waals surface area contributed by atoms with Crippen LogP contribution in [-0.4, -0.2) is 9.97 Å². The molecule has 3 rings (SSSR count). The zero-order valence-electron chi connectivity index (χ0n) is 35.5. The van der Waals surface area contributed by atoms with Crippen LogP contribution in [0, 0.1) is 40.4 Å². The third-order valence-corrected chi connectivity index (χ3v) is 2.38. The minimum Gasteiger partial charge on any atom is -0.265 e. The van der Waals surface area contributed by atoms with E-state index < -0.39 is 0 Å². The fraction of sp³-hybridized carbons (Fsp3) is 0.674. The number of aryl methyl sites for hydroxylation is 1. The lowest BCUT2D eigenvalue weighted by Crippen LogP contribution is -1.93. The maximum atomic E-state index is 3.78. The summed E-state index contributed by atoms with van der Waals surface area (Å²) in [7, 11) is 0. The summed E-state index contributed by atoms with van der Waals surface area (Å²) in [5.74, 6) is 1.67. The van der Waals surface area contributed by atoms with Gasteiger partial charge in [0, 0.05) is 24.0 Å². The Morgan fingerprint density at radius 3 is 0.783 bits per heavy atom. The molecule has 1 aromatic carbocycles. The second-order valence-corrected chi connectivity index (χ2v) is 19.6.